The van der Waals surface area contributed by atoms with E-state index in [4.69, 9.17) is 9.47 Å². The van der Waals surface area contributed by atoms with Crippen LogP contribution in [0, 0.1) is 0 Å². The Balaban J connectivity index is 1.79. The van der Waals surface area contributed by atoms with Crippen molar-refractivity contribution in [2.24, 2.45) is 0 Å². The Morgan fingerprint density at radius 2 is 1.75 bits per heavy atom. The second-order valence-electron chi connectivity index (χ2n) is 7.20. The normalized spacial score (nSPS) is 14.8. The van der Waals surface area contributed by atoms with Crippen LogP contribution < -0.4 is 9.47 Å². The molecule has 7 nitrogen and oxygen atoms in total. The van der Waals surface area contributed by atoms with Crippen molar-refractivity contribution >= 4 is 17.7 Å². The average molecular weight is 432 g/mol. The number of phenolic OH excluding ortho intramolecular Hbond substituents is 1. The largest absolute Gasteiger partial charge is 0.507 e. The monoisotopic (exact) mass is 432 g/mol. The van der Waals surface area contributed by atoms with Gasteiger partial charge in [0.1, 0.15) is 17.2 Å². The van der Waals surface area contributed by atoms with Crippen molar-refractivity contribution in [3.63, 3.8) is 0 Å². The summed E-state index contributed by atoms with van der Waals surface area (Å²) in [7, 11) is 1.26. The average Bonchev–Trinajstić information content (AvgIpc) is 2.82. The zero-order valence-corrected chi connectivity index (χ0v) is 17.2. The summed E-state index contributed by atoms with van der Waals surface area (Å²) in [6.07, 6.45) is -0.0673. The molecule has 7 heteroatoms. The lowest BCUT2D eigenvalue weighted by molar-refractivity contribution is -0.143. The number of methoxy groups -OCH3 is 1. The molecule has 162 valence electrons. The fraction of sp³-hybridized carbons (Fsp3) is 0.160. The number of hydrogen-bond donors (Lipinski definition) is 1. The maximum atomic E-state index is 13.0. The van der Waals surface area contributed by atoms with Crippen molar-refractivity contribution in [2.75, 3.05) is 13.7 Å². The fourth-order valence-electron chi connectivity index (χ4n) is 3.74. The Labute approximate surface area is 184 Å². The van der Waals surface area contributed by atoms with Gasteiger partial charge in [-0.25, -0.2) is 4.79 Å². The minimum Gasteiger partial charge on any atom is -0.507 e. The number of fused-ring (bicyclic) bond motifs is 1. The molecule has 0 bridgehead atoms. The smallest absolute Gasteiger partial charge is 0.343 e. The topological polar surface area (TPSA) is 99.1 Å². The maximum absolute atomic E-state index is 13.0. The maximum Gasteiger partial charge on any atom is 0.343 e. The quantitative estimate of drug-likeness (QED) is 0.361. The van der Waals surface area contributed by atoms with Crippen LogP contribution in [0.25, 0.3) is 0 Å². The van der Waals surface area contributed by atoms with Gasteiger partial charge in [-0.15, -0.1) is 0 Å². The van der Waals surface area contributed by atoms with Gasteiger partial charge in [-0.1, -0.05) is 48.5 Å². The van der Waals surface area contributed by atoms with E-state index in [1.54, 1.807) is 54.6 Å². The molecule has 1 N–H and O–H groups in total. The van der Waals surface area contributed by atoms with Crippen molar-refractivity contribution in [3.05, 3.63) is 89.0 Å². The number of carbonyl (C=O) groups excluding carboxylic acids is 3. The zero-order valence-electron chi connectivity index (χ0n) is 17.2. The number of phenols is 1. The number of benzene rings is 3. The Morgan fingerprint density at radius 1 is 1.03 bits per heavy atom. The molecule has 1 aliphatic heterocycles. The van der Waals surface area contributed by atoms with E-state index in [1.807, 2.05) is 0 Å². The molecule has 0 fully saturated rings. The van der Waals surface area contributed by atoms with Gasteiger partial charge in [0, 0.05) is 22.6 Å². The summed E-state index contributed by atoms with van der Waals surface area (Å²) in [6.45, 7) is -0.309. The van der Waals surface area contributed by atoms with Crippen molar-refractivity contribution < 1.29 is 33.7 Å². The minimum atomic E-state index is -0.636. The summed E-state index contributed by atoms with van der Waals surface area (Å²) in [6, 6.07) is 18.4. The zero-order chi connectivity index (χ0) is 22.7. The molecule has 0 unspecified atom stereocenters. The van der Waals surface area contributed by atoms with Crippen molar-refractivity contribution in [1.82, 2.24) is 0 Å². The highest BCUT2D eigenvalue weighted by molar-refractivity contribution is 6.11. The minimum absolute atomic E-state index is 0.0673. The first kappa shape index (κ1) is 21.1. The van der Waals surface area contributed by atoms with E-state index in [9.17, 15) is 19.5 Å². The van der Waals surface area contributed by atoms with E-state index in [0.29, 0.717) is 22.4 Å². The standard InChI is InChI=1S/C25H20O7/c1-30-22(27)14-31-19-10-6-5-9-16(19)18-13-21(26)32-20-12-11-17(25(29)23(18)20)24(28)15-7-3-2-4-8-15/h2-12,18,29H,13-14H2,1H3/t18-/m1/s1. The molecule has 0 spiro atoms. The number of esters is 2. The highest BCUT2D eigenvalue weighted by Gasteiger charge is 2.35. The van der Waals surface area contributed by atoms with Gasteiger partial charge < -0.3 is 19.3 Å². The van der Waals surface area contributed by atoms with Crippen LogP contribution in [0.15, 0.2) is 66.7 Å². The summed E-state index contributed by atoms with van der Waals surface area (Å²) in [5.41, 5.74) is 1.43. The molecule has 32 heavy (non-hydrogen) atoms. The van der Waals surface area contributed by atoms with Gasteiger partial charge in [0.25, 0.3) is 0 Å². The number of ketones is 1. The van der Waals surface area contributed by atoms with Crippen LogP contribution in [0.5, 0.6) is 17.2 Å². The number of aromatic hydroxyl groups is 1. The van der Waals surface area contributed by atoms with Crippen molar-refractivity contribution in [1.29, 1.82) is 0 Å². The first-order valence-electron chi connectivity index (χ1n) is 9.94. The van der Waals surface area contributed by atoms with Crippen LogP contribution in [0.4, 0.5) is 0 Å². The van der Waals surface area contributed by atoms with Crippen molar-refractivity contribution in [2.45, 2.75) is 12.3 Å². The summed E-state index contributed by atoms with van der Waals surface area (Å²) in [4.78, 5) is 36.8. The third kappa shape index (κ3) is 4.05. The molecular weight excluding hydrogens is 412 g/mol. The van der Waals surface area contributed by atoms with Gasteiger partial charge in [0.2, 0.25) is 0 Å². The van der Waals surface area contributed by atoms with Crippen LogP contribution in [0.3, 0.4) is 0 Å². The second-order valence-corrected chi connectivity index (χ2v) is 7.20. The van der Waals surface area contributed by atoms with Gasteiger partial charge in [-0.05, 0) is 18.2 Å². The molecule has 0 amide bonds. The van der Waals surface area contributed by atoms with Gasteiger partial charge in [0.15, 0.2) is 12.4 Å². The predicted molar refractivity (Wildman–Crippen MR) is 114 cm³/mol. The van der Waals surface area contributed by atoms with E-state index in [1.165, 1.54) is 19.2 Å². The number of para-hydroxylation sites is 1. The number of rotatable bonds is 6. The molecule has 1 aliphatic rings. The van der Waals surface area contributed by atoms with E-state index in [2.05, 4.69) is 4.74 Å². The molecule has 0 saturated heterocycles. The van der Waals surface area contributed by atoms with Gasteiger partial charge in [0.05, 0.1) is 19.1 Å². The summed E-state index contributed by atoms with van der Waals surface area (Å²) >= 11 is 0. The van der Waals surface area contributed by atoms with Crippen LogP contribution in [-0.4, -0.2) is 36.5 Å². The molecule has 0 radical (unpaired) electrons. The molecular formula is C25H20O7. The molecule has 3 aromatic carbocycles. The van der Waals surface area contributed by atoms with E-state index < -0.39 is 17.9 Å². The van der Waals surface area contributed by atoms with Crippen LogP contribution >= 0.6 is 0 Å². The third-order valence-electron chi connectivity index (χ3n) is 5.27. The molecule has 3 aromatic rings. The first-order chi connectivity index (χ1) is 15.5. The third-order valence-corrected chi connectivity index (χ3v) is 5.27. The van der Waals surface area contributed by atoms with Gasteiger partial charge in [-0.3, -0.25) is 9.59 Å². The molecule has 0 aromatic heterocycles. The molecule has 0 saturated carbocycles. The summed E-state index contributed by atoms with van der Waals surface area (Å²) in [5, 5.41) is 11.1. The highest BCUT2D eigenvalue weighted by Crippen LogP contribution is 2.47. The molecule has 1 heterocycles. The lowest BCUT2D eigenvalue weighted by Crippen LogP contribution is -2.22. The number of hydrogen-bond acceptors (Lipinski definition) is 7. The predicted octanol–water partition coefficient (Wildman–Crippen LogP) is 3.62. The summed E-state index contributed by atoms with van der Waals surface area (Å²) in [5.74, 6) is -1.73. The highest BCUT2D eigenvalue weighted by atomic mass is 16.6. The summed E-state index contributed by atoms with van der Waals surface area (Å²) < 4.78 is 15.6. The molecule has 0 aliphatic carbocycles. The van der Waals surface area contributed by atoms with Crippen LogP contribution in [0.1, 0.15) is 39.4 Å². The fourth-order valence-corrected chi connectivity index (χ4v) is 3.74. The van der Waals surface area contributed by atoms with E-state index >= 15 is 0 Å². The Kier molecular flexibility index (Phi) is 5.89. The second kappa shape index (κ2) is 8.93. The van der Waals surface area contributed by atoms with Crippen molar-refractivity contribution in [3.8, 4) is 17.2 Å². The first-order valence-corrected chi connectivity index (χ1v) is 9.94. The van der Waals surface area contributed by atoms with Gasteiger partial charge >= 0.3 is 11.9 Å². The van der Waals surface area contributed by atoms with Crippen LogP contribution in [-0.2, 0) is 14.3 Å². The van der Waals surface area contributed by atoms with Gasteiger partial charge in [-0.2, -0.15) is 0 Å². The van der Waals surface area contributed by atoms with E-state index in [0.717, 1.165) is 0 Å². The Hall–Kier alpha value is -4.13. The molecule has 4 rings (SSSR count). The lowest BCUT2D eigenvalue weighted by atomic mass is 9.83. The van der Waals surface area contributed by atoms with Crippen LogP contribution in [0.2, 0.25) is 0 Å². The number of ether oxygens (including phenoxy) is 3. The Bertz CT molecular complexity index is 1180. The number of carbonyl (C=O) groups is 3. The SMILES string of the molecule is COC(=O)COc1ccccc1[C@H]1CC(=O)Oc2ccc(C(=O)c3ccccc3)c(O)c21. The lowest BCUT2D eigenvalue weighted by Gasteiger charge is -2.27. The molecule has 1 atom stereocenters. The van der Waals surface area contributed by atoms with E-state index in [-0.39, 0.29) is 35.9 Å². The Morgan fingerprint density at radius 3 is 2.50 bits per heavy atom.